The summed E-state index contributed by atoms with van der Waals surface area (Å²) in [4.78, 5) is 0. The van der Waals surface area contributed by atoms with Crippen molar-refractivity contribution in [2.75, 3.05) is 6.61 Å². The van der Waals surface area contributed by atoms with E-state index in [2.05, 4.69) is 0 Å². The first-order chi connectivity index (χ1) is 6.15. The van der Waals surface area contributed by atoms with Gasteiger partial charge in [0.15, 0.2) is 0 Å². The lowest BCUT2D eigenvalue weighted by Crippen LogP contribution is -2.27. The Morgan fingerprint density at radius 3 is 2.15 bits per heavy atom. The maximum Gasteiger partial charge on any atom is 0.0614 e. The van der Waals surface area contributed by atoms with Crippen molar-refractivity contribution in [3.63, 3.8) is 0 Å². The third kappa shape index (κ3) is 5.24. The minimum atomic E-state index is -0.573. The highest BCUT2D eigenvalue weighted by molar-refractivity contribution is 4.70. The Bertz CT molecular complexity index is 113. The number of hydrogen-bond donors (Lipinski definition) is 3. The second-order valence-electron chi connectivity index (χ2n) is 3.60. The van der Waals surface area contributed by atoms with Crippen molar-refractivity contribution < 1.29 is 15.3 Å². The molecule has 0 aliphatic rings. The topological polar surface area (TPSA) is 60.7 Å². The maximum absolute atomic E-state index is 9.59. The summed E-state index contributed by atoms with van der Waals surface area (Å²) < 4.78 is 0. The van der Waals surface area contributed by atoms with Gasteiger partial charge in [0.25, 0.3) is 0 Å². The molecule has 0 fully saturated rings. The van der Waals surface area contributed by atoms with Gasteiger partial charge in [-0.3, -0.25) is 0 Å². The molecular formula is C10H22O3. The lowest BCUT2D eigenvalue weighted by atomic mass is 9.94. The summed E-state index contributed by atoms with van der Waals surface area (Å²) in [7, 11) is 0. The summed E-state index contributed by atoms with van der Waals surface area (Å²) in [5.74, 6) is -0.0912. The van der Waals surface area contributed by atoms with Crippen LogP contribution < -0.4 is 0 Å². The Labute approximate surface area is 80.4 Å². The van der Waals surface area contributed by atoms with Gasteiger partial charge in [0.1, 0.15) is 0 Å². The van der Waals surface area contributed by atoms with E-state index in [9.17, 15) is 10.2 Å². The molecule has 0 aromatic carbocycles. The molecule has 0 heterocycles. The van der Waals surface area contributed by atoms with E-state index in [1.807, 2.05) is 13.8 Å². The van der Waals surface area contributed by atoms with E-state index in [1.165, 1.54) is 0 Å². The SMILES string of the molecule is CCCC(O)CC(O)C(CC)CO. The third-order valence-electron chi connectivity index (χ3n) is 2.44. The molecule has 0 aromatic rings. The van der Waals surface area contributed by atoms with Crippen molar-refractivity contribution >= 4 is 0 Å². The minimum absolute atomic E-state index is 0.00346. The van der Waals surface area contributed by atoms with Gasteiger partial charge in [-0.25, -0.2) is 0 Å². The molecule has 3 unspecified atom stereocenters. The fourth-order valence-corrected chi connectivity index (χ4v) is 1.45. The Morgan fingerprint density at radius 1 is 1.15 bits per heavy atom. The van der Waals surface area contributed by atoms with Crippen LogP contribution in [0.25, 0.3) is 0 Å². The van der Waals surface area contributed by atoms with E-state index in [1.54, 1.807) is 0 Å². The molecule has 0 bridgehead atoms. The molecule has 13 heavy (non-hydrogen) atoms. The van der Waals surface area contributed by atoms with Gasteiger partial charge in [-0.1, -0.05) is 20.3 Å². The standard InChI is InChI=1S/C10H22O3/c1-3-5-9(12)6-10(13)8(4-2)7-11/h8-13H,3-7H2,1-2H3. The molecule has 0 amide bonds. The van der Waals surface area contributed by atoms with Gasteiger partial charge in [-0.15, -0.1) is 0 Å². The normalized spacial score (nSPS) is 18.2. The van der Waals surface area contributed by atoms with Crippen LogP contribution in [0.4, 0.5) is 0 Å². The van der Waals surface area contributed by atoms with Crippen molar-refractivity contribution in [3.05, 3.63) is 0 Å². The molecule has 3 nitrogen and oxygen atoms in total. The van der Waals surface area contributed by atoms with Crippen molar-refractivity contribution in [1.82, 2.24) is 0 Å². The summed E-state index contributed by atoms with van der Waals surface area (Å²) in [6.45, 7) is 3.92. The first kappa shape index (κ1) is 12.9. The van der Waals surface area contributed by atoms with E-state index < -0.39 is 12.2 Å². The van der Waals surface area contributed by atoms with Crippen LogP contribution in [0.15, 0.2) is 0 Å². The molecule has 0 saturated heterocycles. The van der Waals surface area contributed by atoms with Crippen LogP contribution in [0, 0.1) is 5.92 Å². The molecule has 80 valence electrons. The average Bonchev–Trinajstić information content (AvgIpc) is 2.06. The predicted molar refractivity (Wildman–Crippen MR) is 52.4 cm³/mol. The van der Waals surface area contributed by atoms with E-state index in [-0.39, 0.29) is 12.5 Å². The fraction of sp³-hybridized carbons (Fsp3) is 1.00. The quantitative estimate of drug-likeness (QED) is 0.559. The number of rotatable bonds is 7. The van der Waals surface area contributed by atoms with Crippen LogP contribution in [0.3, 0.4) is 0 Å². The van der Waals surface area contributed by atoms with Crippen LogP contribution in [0.1, 0.15) is 39.5 Å². The number of aliphatic hydroxyl groups excluding tert-OH is 3. The Morgan fingerprint density at radius 2 is 1.77 bits per heavy atom. The van der Waals surface area contributed by atoms with E-state index in [0.717, 1.165) is 19.3 Å². The smallest absolute Gasteiger partial charge is 0.0614 e. The zero-order chi connectivity index (χ0) is 10.3. The second kappa shape index (κ2) is 7.30. The van der Waals surface area contributed by atoms with E-state index in [4.69, 9.17) is 5.11 Å². The molecule has 3 heteroatoms. The van der Waals surface area contributed by atoms with Gasteiger partial charge < -0.3 is 15.3 Å². The Kier molecular flexibility index (Phi) is 7.23. The lowest BCUT2D eigenvalue weighted by Gasteiger charge is -2.21. The second-order valence-corrected chi connectivity index (χ2v) is 3.60. The first-order valence-corrected chi connectivity index (χ1v) is 5.12. The van der Waals surface area contributed by atoms with Crippen molar-refractivity contribution in [2.45, 2.75) is 51.7 Å². The first-order valence-electron chi connectivity index (χ1n) is 5.12. The number of hydrogen-bond acceptors (Lipinski definition) is 3. The van der Waals surface area contributed by atoms with Crippen LogP contribution in [0.2, 0.25) is 0 Å². The summed E-state index contributed by atoms with van der Waals surface area (Å²) in [5.41, 5.74) is 0. The van der Waals surface area contributed by atoms with Crippen molar-refractivity contribution in [2.24, 2.45) is 5.92 Å². The number of aliphatic hydroxyl groups is 3. The molecule has 0 aliphatic heterocycles. The predicted octanol–water partition coefficient (Wildman–Crippen LogP) is 0.917. The van der Waals surface area contributed by atoms with Gasteiger partial charge in [-0.05, 0) is 19.3 Å². The van der Waals surface area contributed by atoms with Crippen LogP contribution in [-0.2, 0) is 0 Å². The molecule has 0 saturated carbocycles. The van der Waals surface area contributed by atoms with E-state index >= 15 is 0 Å². The summed E-state index contributed by atoms with van der Waals surface area (Å²) >= 11 is 0. The molecule has 0 aromatic heterocycles. The molecular weight excluding hydrogens is 168 g/mol. The van der Waals surface area contributed by atoms with Crippen molar-refractivity contribution in [3.8, 4) is 0 Å². The maximum atomic E-state index is 9.59. The van der Waals surface area contributed by atoms with Gasteiger partial charge in [0.2, 0.25) is 0 Å². The van der Waals surface area contributed by atoms with Gasteiger partial charge in [0.05, 0.1) is 12.2 Å². The monoisotopic (exact) mass is 190 g/mol. The molecule has 0 spiro atoms. The fourth-order valence-electron chi connectivity index (χ4n) is 1.45. The van der Waals surface area contributed by atoms with Crippen molar-refractivity contribution in [1.29, 1.82) is 0 Å². The van der Waals surface area contributed by atoms with Crippen LogP contribution in [-0.4, -0.2) is 34.1 Å². The molecule has 0 radical (unpaired) electrons. The van der Waals surface area contributed by atoms with Gasteiger partial charge in [0, 0.05) is 12.5 Å². The Balaban J connectivity index is 3.75. The lowest BCUT2D eigenvalue weighted by molar-refractivity contribution is 0.0187. The van der Waals surface area contributed by atoms with E-state index in [0.29, 0.717) is 6.42 Å². The largest absolute Gasteiger partial charge is 0.396 e. The minimum Gasteiger partial charge on any atom is -0.396 e. The summed E-state index contributed by atoms with van der Waals surface area (Å²) in [6.07, 6.45) is 1.77. The summed E-state index contributed by atoms with van der Waals surface area (Å²) in [6, 6.07) is 0. The molecule has 0 rings (SSSR count). The highest BCUT2D eigenvalue weighted by Gasteiger charge is 2.19. The summed E-state index contributed by atoms with van der Waals surface area (Å²) in [5, 5.41) is 27.9. The Hall–Kier alpha value is -0.120. The third-order valence-corrected chi connectivity index (χ3v) is 2.44. The molecule has 0 aliphatic carbocycles. The zero-order valence-corrected chi connectivity index (χ0v) is 8.61. The van der Waals surface area contributed by atoms with Crippen LogP contribution in [0.5, 0.6) is 0 Å². The van der Waals surface area contributed by atoms with Gasteiger partial charge >= 0.3 is 0 Å². The highest BCUT2D eigenvalue weighted by Crippen LogP contribution is 2.14. The molecule has 3 N–H and O–H groups in total. The van der Waals surface area contributed by atoms with Gasteiger partial charge in [-0.2, -0.15) is 0 Å². The zero-order valence-electron chi connectivity index (χ0n) is 8.61. The molecule has 3 atom stereocenters. The highest BCUT2D eigenvalue weighted by atomic mass is 16.3. The van der Waals surface area contributed by atoms with Crippen LogP contribution >= 0.6 is 0 Å². The average molecular weight is 190 g/mol.